The van der Waals surface area contributed by atoms with Crippen molar-refractivity contribution in [2.24, 2.45) is 23.7 Å². The molecule has 6 aliphatic rings. The van der Waals surface area contributed by atoms with E-state index in [4.69, 9.17) is 0 Å². The molecule has 0 saturated heterocycles. The van der Waals surface area contributed by atoms with Gasteiger partial charge >= 0.3 is 0 Å². The van der Waals surface area contributed by atoms with E-state index in [-0.39, 0.29) is 16.2 Å². The van der Waals surface area contributed by atoms with E-state index >= 15 is 0 Å². The zero-order valence-electron chi connectivity index (χ0n) is 31.8. The third kappa shape index (κ3) is 4.55. The van der Waals surface area contributed by atoms with E-state index in [2.05, 4.69) is 160 Å². The van der Waals surface area contributed by atoms with Crippen LogP contribution in [0.4, 0.5) is 17.1 Å². The lowest BCUT2D eigenvalue weighted by molar-refractivity contribution is -0.0399. The topological polar surface area (TPSA) is 3.24 Å². The minimum Gasteiger partial charge on any atom is -0.310 e. The highest BCUT2D eigenvalue weighted by atomic mass is 15.1. The predicted molar refractivity (Wildman–Crippen MR) is 223 cm³/mol. The van der Waals surface area contributed by atoms with E-state index in [1.807, 2.05) is 0 Å². The smallest absolute Gasteiger partial charge is 0.0540 e. The molecule has 4 fully saturated rings. The van der Waals surface area contributed by atoms with Crippen LogP contribution in [0.2, 0.25) is 0 Å². The lowest BCUT2D eigenvalue weighted by Crippen LogP contribution is -2.55. The number of hydrogen-bond acceptors (Lipinski definition) is 1. The van der Waals surface area contributed by atoms with Crippen LogP contribution in [0.3, 0.4) is 0 Å². The molecule has 264 valence electrons. The SMILES string of the molecule is CC1(C)CCC(C)(C)c2cc(-c3ccc(N(c4ccc5c(c4)-c4ccccc4C54C5CC6CC(C5)CC4C6)c4cccc5ccccc45)cc3)ccc21. The van der Waals surface area contributed by atoms with E-state index in [0.717, 1.165) is 23.7 Å². The first-order chi connectivity index (χ1) is 25.7. The third-order valence-corrected chi connectivity index (χ3v) is 15.1. The molecule has 6 aromatic carbocycles. The van der Waals surface area contributed by atoms with Crippen molar-refractivity contribution in [1.29, 1.82) is 0 Å². The maximum Gasteiger partial charge on any atom is 0.0540 e. The minimum absolute atomic E-state index is 0.183. The van der Waals surface area contributed by atoms with Gasteiger partial charge in [0.15, 0.2) is 0 Å². The molecule has 0 aromatic heterocycles. The van der Waals surface area contributed by atoms with Crippen molar-refractivity contribution in [2.45, 2.75) is 88.9 Å². The van der Waals surface area contributed by atoms with Crippen LogP contribution in [0.25, 0.3) is 33.0 Å². The number of fused-ring (bicyclic) bond motifs is 5. The van der Waals surface area contributed by atoms with Gasteiger partial charge < -0.3 is 4.90 Å². The highest BCUT2D eigenvalue weighted by Crippen LogP contribution is 2.69. The molecule has 4 bridgehead atoms. The summed E-state index contributed by atoms with van der Waals surface area (Å²) >= 11 is 0. The van der Waals surface area contributed by atoms with Gasteiger partial charge in [-0.2, -0.15) is 0 Å². The van der Waals surface area contributed by atoms with Gasteiger partial charge in [0, 0.05) is 22.2 Å². The largest absolute Gasteiger partial charge is 0.310 e. The fraction of sp³-hybridized carbons (Fsp3) is 0.346. The zero-order chi connectivity index (χ0) is 35.7. The summed E-state index contributed by atoms with van der Waals surface area (Å²) in [5, 5.41) is 2.54. The normalized spacial score (nSPS) is 26.7. The van der Waals surface area contributed by atoms with Gasteiger partial charge in [-0.25, -0.2) is 0 Å². The Balaban J connectivity index is 1.05. The Morgan fingerprint density at radius 1 is 0.472 bits per heavy atom. The summed E-state index contributed by atoms with van der Waals surface area (Å²) in [6.45, 7) is 9.68. The van der Waals surface area contributed by atoms with Crippen molar-refractivity contribution in [2.75, 3.05) is 4.90 Å². The van der Waals surface area contributed by atoms with Crippen LogP contribution in [0.1, 0.15) is 94.9 Å². The van der Waals surface area contributed by atoms with Crippen LogP contribution < -0.4 is 4.90 Å². The van der Waals surface area contributed by atoms with Gasteiger partial charge in [0.2, 0.25) is 0 Å². The molecule has 12 rings (SSSR count). The molecular formula is C52H51N. The molecule has 4 saturated carbocycles. The van der Waals surface area contributed by atoms with Crippen molar-refractivity contribution >= 4 is 27.8 Å². The second-order valence-corrected chi connectivity index (χ2v) is 18.9. The summed E-state index contributed by atoms with van der Waals surface area (Å²) in [6.07, 6.45) is 9.60. The Labute approximate surface area is 316 Å². The highest BCUT2D eigenvalue weighted by molar-refractivity contribution is 5.99. The van der Waals surface area contributed by atoms with E-state index in [0.29, 0.717) is 0 Å². The Kier molecular flexibility index (Phi) is 6.74. The highest BCUT2D eigenvalue weighted by Gasteiger charge is 2.61. The second-order valence-electron chi connectivity index (χ2n) is 18.9. The molecule has 0 aliphatic heterocycles. The van der Waals surface area contributed by atoms with Gasteiger partial charge in [0.05, 0.1) is 5.69 Å². The van der Waals surface area contributed by atoms with Gasteiger partial charge in [0.1, 0.15) is 0 Å². The van der Waals surface area contributed by atoms with Gasteiger partial charge in [-0.15, -0.1) is 0 Å². The van der Waals surface area contributed by atoms with Gasteiger partial charge in [0.25, 0.3) is 0 Å². The lowest BCUT2D eigenvalue weighted by Gasteiger charge is -2.61. The first kappa shape index (κ1) is 31.9. The van der Waals surface area contributed by atoms with Crippen molar-refractivity contribution in [3.8, 4) is 22.3 Å². The Hall–Kier alpha value is -4.62. The van der Waals surface area contributed by atoms with Gasteiger partial charge in [-0.3, -0.25) is 0 Å². The summed E-state index contributed by atoms with van der Waals surface area (Å²) in [4.78, 5) is 2.52. The molecule has 0 heterocycles. The number of rotatable bonds is 4. The van der Waals surface area contributed by atoms with Crippen LogP contribution >= 0.6 is 0 Å². The number of hydrogen-bond donors (Lipinski definition) is 0. The van der Waals surface area contributed by atoms with E-state index in [1.54, 1.807) is 11.1 Å². The lowest BCUT2D eigenvalue weighted by atomic mass is 9.43. The average Bonchev–Trinajstić information content (AvgIpc) is 3.46. The standard InChI is InChI=1S/C52H51N/c1-50(2)24-25-51(3,4)48-31-37(18-22-47(48)50)35-16-19-40(20-17-35)53(49-15-9-11-36-10-5-6-12-42(36)49)41-21-23-46-44(32-41)43-13-7-8-14-45(43)52(46)38-27-33-26-34(29-38)30-39(52)28-33/h5-23,31-34,38-39H,24-30H2,1-4H3. The van der Waals surface area contributed by atoms with Crippen LogP contribution in [0.15, 0.2) is 127 Å². The summed E-state index contributed by atoms with van der Waals surface area (Å²) in [7, 11) is 0. The van der Waals surface area contributed by atoms with E-state index in [1.165, 1.54) is 106 Å². The van der Waals surface area contributed by atoms with Crippen molar-refractivity contribution < 1.29 is 0 Å². The molecule has 0 N–H and O–H groups in total. The van der Waals surface area contributed by atoms with Gasteiger partial charge in [-0.05, 0) is 160 Å². The zero-order valence-corrected chi connectivity index (χ0v) is 31.8. The molecule has 0 atom stereocenters. The third-order valence-electron chi connectivity index (χ3n) is 15.1. The molecule has 6 aromatic rings. The monoisotopic (exact) mass is 689 g/mol. The molecule has 0 unspecified atom stereocenters. The molecule has 0 amide bonds. The first-order valence-corrected chi connectivity index (χ1v) is 20.5. The minimum atomic E-state index is 0.183. The van der Waals surface area contributed by atoms with Crippen LogP contribution in [-0.2, 0) is 16.2 Å². The number of benzene rings is 6. The first-order valence-electron chi connectivity index (χ1n) is 20.5. The van der Waals surface area contributed by atoms with Gasteiger partial charge in [-0.1, -0.05) is 125 Å². The Bertz CT molecular complexity index is 2390. The molecule has 1 spiro atoms. The Morgan fingerprint density at radius 2 is 1.08 bits per heavy atom. The van der Waals surface area contributed by atoms with Crippen molar-refractivity contribution in [3.05, 3.63) is 150 Å². The summed E-state index contributed by atoms with van der Waals surface area (Å²) in [5.41, 5.74) is 16.1. The molecule has 6 aliphatic carbocycles. The van der Waals surface area contributed by atoms with Crippen LogP contribution in [-0.4, -0.2) is 0 Å². The fourth-order valence-electron chi connectivity index (χ4n) is 12.7. The van der Waals surface area contributed by atoms with E-state index in [9.17, 15) is 0 Å². The average molecular weight is 690 g/mol. The molecule has 1 heteroatoms. The number of nitrogens with zero attached hydrogens (tertiary/aromatic N) is 1. The predicted octanol–water partition coefficient (Wildman–Crippen LogP) is 14.0. The van der Waals surface area contributed by atoms with E-state index < -0.39 is 0 Å². The second kappa shape index (κ2) is 11.2. The quantitative estimate of drug-likeness (QED) is 0.178. The number of anilines is 3. The van der Waals surface area contributed by atoms with Crippen LogP contribution in [0, 0.1) is 23.7 Å². The Morgan fingerprint density at radius 3 is 1.85 bits per heavy atom. The maximum atomic E-state index is 2.57. The molecular weight excluding hydrogens is 639 g/mol. The maximum absolute atomic E-state index is 2.57. The summed E-state index contributed by atoms with van der Waals surface area (Å²) in [5.74, 6) is 3.44. The van der Waals surface area contributed by atoms with Crippen LogP contribution in [0.5, 0.6) is 0 Å². The summed E-state index contributed by atoms with van der Waals surface area (Å²) < 4.78 is 0. The summed E-state index contributed by atoms with van der Waals surface area (Å²) in [6, 6.07) is 49.4. The fourth-order valence-corrected chi connectivity index (χ4v) is 12.7. The van der Waals surface area contributed by atoms with Crippen molar-refractivity contribution in [3.63, 3.8) is 0 Å². The van der Waals surface area contributed by atoms with Crippen molar-refractivity contribution in [1.82, 2.24) is 0 Å². The molecule has 53 heavy (non-hydrogen) atoms. The molecule has 1 nitrogen and oxygen atoms in total. The molecule has 0 radical (unpaired) electrons.